The first-order chi connectivity index (χ1) is 8.28. The molecule has 0 amide bonds. The topological polar surface area (TPSA) is 50.9 Å². The monoisotopic (exact) mass is 311 g/mol. The lowest BCUT2D eigenvalue weighted by Crippen LogP contribution is -2.12. The number of aromatic nitrogens is 1. The number of nitrogens with one attached hydrogen (secondary N) is 1. The number of thiophene rings is 1. The summed E-state index contributed by atoms with van der Waals surface area (Å²) in [5.74, 6) is 0. The fourth-order valence-electron chi connectivity index (χ4n) is 1.53. The van der Waals surface area contributed by atoms with Crippen molar-refractivity contribution in [3.63, 3.8) is 0 Å². The fraction of sp³-hybridized carbons (Fsp3) is 0.250. The first kappa shape index (κ1) is 12.7. The van der Waals surface area contributed by atoms with Crippen molar-refractivity contribution >= 4 is 27.3 Å². The van der Waals surface area contributed by atoms with Crippen LogP contribution in [0.1, 0.15) is 16.1 Å². The van der Waals surface area contributed by atoms with Crippen molar-refractivity contribution < 1.29 is 0 Å². The van der Waals surface area contributed by atoms with Gasteiger partial charge in [-0.05, 0) is 39.7 Å². The Hall–Kier alpha value is -0.750. The van der Waals surface area contributed by atoms with E-state index in [2.05, 4.69) is 37.7 Å². The normalized spacial score (nSPS) is 10.7. The van der Waals surface area contributed by atoms with Crippen LogP contribution in [0.5, 0.6) is 0 Å². The van der Waals surface area contributed by atoms with Gasteiger partial charge >= 0.3 is 0 Å². The molecule has 17 heavy (non-hydrogen) atoms. The van der Waals surface area contributed by atoms with Crippen molar-refractivity contribution in [2.75, 3.05) is 0 Å². The molecule has 90 valence electrons. The van der Waals surface area contributed by atoms with Crippen LogP contribution in [-0.4, -0.2) is 4.98 Å². The highest BCUT2D eigenvalue weighted by Gasteiger charge is 1.98. The SMILES string of the molecule is NCc1cc(CNCc2cc(Br)cs2)ccn1. The molecule has 2 heterocycles. The zero-order chi connectivity index (χ0) is 12.1. The summed E-state index contributed by atoms with van der Waals surface area (Å²) in [6.07, 6.45) is 1.81. The van der Waals surface area contributed by atoms with Crippen LogP contribution in [0.2, 0.25) is 0 Å². The lowest BCUT2D eigenvalue weighted by molar-refractivity contribution is 0.698. The number of hydrogen-bond donors (Lipinski definition) is 2. The quantitative estimate of drug-likeness (QED) is 0.892. The minimum atomic E-state index is 0.492. The maximum absolute atomic E-state index is 5.55. The highest BCUT2D eigenvalue weighted by atomic mass is 79.9. The number of halogens is 1. The third-order valence-corrected chi connectivity index (χ3v) is 4.04. The van der Waals surface area contributed by atoms with Gasteiger partial charge < -0.3 is 11.1 Å². The Balaban J connectivity index is 1.85. The van der Waals surface area contributed by atoms with Crippen LogP contribution >= 0.6 is 27.3 Å². The lowest BCUT2D eigenvalue weighted by Gasteiger charge is -2.04. The second-order valence-corrected chi connectivity index (χ2v) is 5.61. The van der Waals surface area contributed by atoms with E-state index >= 15 is 0 Å². The average molecular weight is 312 g/mol. The predicted octanol–water partition coefficient (Wildman–Crippen LogP) is 2.65. The molecule has 0 aliphatic rings. The van der Waals surface area contributed by atoms with Crippen LogP contribution in [0.25, 0.3) is 0 Å². The molecular formula is C12H14BrN3S. The smallest absolute Gasteiger partial charge is 0.0542 e. The molecular weight excluding hydrogens is 298 g/mol. The summed E-state index contributed by atoms with van der Waals surface area (Å²) in [6, 6.07) is 6.18. The van der Waals surface area contributed by atoms with E-state index in [1.54, 1.807) is 17.5 Å². The van der Waals surface area contributed by atoms with E-state index in [0.29, 0.717) is 6.54 Å². The molecule has 3 N–H and O–H groups in total. The van der Waals surface area contributed by atoms with Crippen LogP contribution < -0.4 is 11.1 Å². The van der Waals surface area contributed by atoms with Crippen molar-refractivity contribution in [2.24, 2.45) is 5.73 Å². The number of nitrogens with two attached hydrogens (primary N) is 1. The Kier molecular flexibility index (Phi) is 4.67. The molecule has 0 saturated carbocycles. The first-order valence-electron chi connectivity index (χ1n) is 5.35. The highest BCUT2D eigenvalue weighted by Crippen LogP contribution is 2.19. The molecule has 0 bridgehead atoms. The van der Waals surface area contributed by atoms with Gasteiger partial charge in [0.05, 0.1) is 5.69 Å². The van der Waals surface area contributed by atoms with Crippen molar-refractivity contribution in [1.29, 1.82) is 0 Å². The third-order valence-electron chi connectivity index (χ3n) is 2.34. The third kappa shape index (κ3) is 3.89. The van der Waals surface area contributed by atoms with E-state index in [0.717, 1.165) is 23.3 Å². The summed E-state index contributed by atoms with van der Waals surface area (Å²) in [6.45, 7) is 2.22. The summed E-state index contributed by atoms with van der Waals surface area (Å²) >= 11 is 5.20. The Morgan fingerprint density at radius 2 is 2.24 bits per heavy atom. The molecule has 3 nitrogen and oxygen atoms in total. The zero-order valence-corrected chi connectivity index (χ0v) is 11.7. The molecule has 2 aromatic heterocycles. The molecule has 0 spiro atoms. The number of pyridine rings is 1. The van der Waals surface area contributed by atoms with E-state index in [1.165, 1.54) is 10.4 Å². The Labute approximate surface area is 113 Å². The predicted molar refractivity (Wildman–Crippen MR) is 74.7 cm³/mol. The van der Waals surface area contributed by atoms with Gasteiger partial charge in [-0.15, -0.1) is 11.3 Å². The Morgan fingerprint density at radius 1 is 1.35 bits per heavy atom. The maximum Gasteiger partial charge on any atom is 0.0542 e. The van der Waals surface area contributed by atoms with Gasteiger partial charge in [0, 0.05) is 40.6 Å². The van der Waals surface area contributed by atoms with Crippen LogP contribution in [0.3, 0.4) is 0 Å². The van der Waals surface area contributed by atoms with Crippen molar-refractivity contribution in [3.8, 4) is 0 Å². The van der Waals surface area contributed by atoms with Gasteiger partial charge in [0.1, 0.15) is 0 Å². The van der Waals surface area contributed by atoms with Gasteiger partial charge in [-0.3, -0.25) is 4.98 Å². The molecule has 0 fully saturated rings. The number of nitrogens with zero attached hydrogens (tertiary/aromatic N) is 1. The van der Waals surface area contributed by atoms with E-state index in [9.17, 15) is 0 Å². The van der Waals surface area contributed by atoms with E-state index < -0.39 is 0 Å². The minimum Gasteiger partial charge on any atom is -0.325 e. The standard InChI is InChI=1S/C12H14BrN3S/c13-10-4-12(17-8-10)7-15-6-9-1-2-16-11(3-9)5-14/h1-4,8,15H,5-7,14H2. The van der Waals surface area contributed by atoms with E-state index in [4.69, 9.17) is 5.73 Å². The van der Waals surface area contributed by atoms with Gasteiger partial charge in [0.15, 0.2) is 0 Å². The van der Waals surface area contributed by atoms with Gasteiger partial charge in [0.25, 0.3) is 0 Å². The van der Waals surface area contributed by atoms with Crippen LogP contribution in [0.15, 0.2) is 34.2 Å². The molecule has 0 saturated heterocycles. The fourth-order valence-corrected chi connectivity index (χ4v) is 2.95. The molecule has 0 radical (unpaired) electrons. The largest absolute Gasteiger partial charge is 0.325 e. The molecule has 0 aliphatic heterocycles. The summed E-state index contributed by atoms with van der Waals surface area (Å²) < 4.78 is 1.15. The van der Waals surface area contributed by atoms with Crippen molar-refractivity contribution in [3.05, 3.63) is 50.4 Å². The van der Waals surface area contributed by atoms with Crippen LogP contribution in [0.4, 0.5) is 0 Å². The van der Waals surface area contributed by atoms with E-state index in [1.807, 2.05) is 12.1 Å². The summed E-state index contributed by atoms with van der Waals surface area (Å²) in [5.41, 5.74) is 7.71. The number of rotatable bonds is 5. The molecule has 0 aliphatic carbocycles. The average Bonchev–Trinajstić information content (AvgIpc) is 2.75. The molecule has 2 rings (SSSR count). The summed E-state index contributed by atoms with van der Waals surface area (Å²) in [5, 5.41) is 5.50. The Morgan fingerprint density at radius 3 is 2.94 bits per heavy atom. The first-order valence-corrected chi connectivity index (χ1v) is 7.02. The van der Waals surface area contributed by atoms with E-state index in [-0.39, 0.29) is 0 Å². The molecule has 0 unspecified atom stereocenters. The summed E-state index contributed by atoms with van der Waals surface area (Å²) in [7, 11) is 0. The van der Waals surface area contributed by atoms with Crippen molar-refractivity contribution in [1.82, 2.24) is 10.3 Å². The lowest BCUT2D eigenvalue weighted by atomic mass is 10.2. The van der Waals surface area contributed by atoms with Gasteiger partial charge in [-0.2, -0.15) is 0 Å². The highest BCUT2D eigenvalue weighted by molar-refractivity contribution is 9.10. The summed E-state index contributed by atoms with van der Waals surface area (Å²) in [4.78, 5) is 5.49. The second kappa shape index (κ2) is 6.26. The maximum atomic E-state index is 5.55. The molecule has 0 aromatic carbocycles. The van der Waals surface area contributed by atoms with Gasteiger partial charge in [0.2, 0.25) is 0 Å². The zero-order valence-electron chi connectivity index (χ0n) is 9.32. The molecule has 5 heteroatoms. The van der Waals surface area contributed by atoms with Gasteiger partial charge in [-0.1, -0.05) is 0 Å². The van der Waals surface area contributed by atoms with Gasteiger partial charge in [-0.25, -0.2) is 0 Å². The molecule has 0 atom stereocenters. The number of hydrogen-bond acceptors (Lipinski definition) is 4. The second-order valence-electron chi connectivity index (χ2n) is 3.69. The van der Waals surface area contributed by atoms with Crippen LogP contribution in [0, 0.1) is 0 Å². The molecule has 2 aromatic rings. The minimum absolute atomic E-state index is 0.492. The van der Waals surface area contributed by atoms with Crippen molar-refractivity contribution in [2.45, 2.75) is 19.6 Å². The van der Waals surface area contributed by atoms with Crippen LogP contribution in [-0.2, 0) is 19.6 Å². The Bertz CT molecular complexity index is 484.